The molecule has 0 amide bonds. The van der Waals surface area contributed by atoms with Crippen molar-refractivity contribution in [2.24, 2.45) is 0 Å². The SMILES string of the molecule is CC(C)(C)c1ccc(-c2[c-]cccc2)nc1.CC1(C)CCC(C)(C)c2cc(-c3c(C#N)ccc4c3oc3c(-c5ccccn5)[c-]ccc34)ccc21.[Ir]. The van der Waals surface area contributed by atoms with Crippen molar-refractivity contribution in [2.75, 3.05) is 0 Å². The number of furan rings is 1. The molecule has 5 heteroatoms. The fourth-order valence-corrected chi connectivity index (χ4v) is 7.18. The number of nitriles is 1. The Hall–Kier alpha value is -4.88. The van der Waals surface area contributed by atoms with Crippen molar-refractivity contribution < 1.29 is 24.5 Å². The maximum Gasteiger partial charge on any atom is 0.130 e. The average molecular weight is 858 g/mol. The van der Waals surface area contributed by atoms with E-state index in [0.717, 1.165) is 62.0 Å². The molecule has 3 heterocycles. The smallest absolute Gasteiger partial charge is 0.130 e. The van der Waals surface area contributed by atoms with E-state index in [2.05, 4.69) is 107 Å². The van der Waals surface area contributed by atoms with Gasteiger partial charge in [0.15, 0.2) is 0 Å². The molecule has 4 nitrogen and oxygen atoms in total. The topological polar surface area (TPSA) is 62.7 Å². The van der Waals surface area contributed by atoms with E-state index in [1.54, 1.807) is 6.20 Å². The van der Waals surface area contributed by atoms with Crippen molar-refractivity contribution in [1.29, 1.82) is 5.26 Å². The van der Waals surface area contributed by atoms with Crippen LogP contribution in [0.3, 0.4) is 0 Å². The summed E-state index contributed by atoms with van der Waals surface area (Å²) in [5, 5.41) is 12.1. The molecule has 0 aliphatic heterocycles. The number of fused-ring (bicyclic) bond motifs is 4. The molecule has 263 valence electrons. The van der Waals surface area contributed by atoms with Gasteiger partial charge >= 0.3 is 0 Å². The van der Waals surface area contributed by atoms with E-state index in [0.29, 0.717) is 5.56 Å². The molecule has 0 unspecified atom stereocenters. The van der Waals surface area contributed by atoms with Crippen LogP contribution < -0.4 is 0 Å². The fraction of sp³-hybridized carbons (Fsp3) is 0.255. The molecule has 8 rings (SSSR count). The summed E-state index contributed by atoms with van der Waals surface area (Å²) in [5.41, 5.74) is 12.1. The third kappa shape index (κ3) is 6.99. The summed E-state index contributed by atoms with van der Waals surface area (Å²) in [5.74, 6) is 0. The first-order valence-corrected chi connectivity index (χ1v) is 17.7. The predicted molar refractivity (Wildman–Crippen MR) is 208 cm³/mol. The van der Waals surface area contributed by atoms with Gasteiger partial charge in [0.05, 0.1) is 17.2 Å². The Labute approximate surface area is 321 Å². The van der Waals surface area contributed by atoms with Crippen LogP contribution in [0.1, 0.15) is 83.6 Å². The molecule has 1 aliphatic rings. The zero-order chi connectivity index (χ0) is 36.0. The Morgan fingerprint density at radius 2 is 1.48 bits per heavy atom. The molecular formula is C47H43IrN3O-2. The third-order valence-electron chi connectivity index (χ3n) is 10.4. The van der Waals surface area contributed by atoms with Gasteiger partial charge in [-0.3, -0.25) is 0 Å². The van der Waals surface area contributed by atoms with E-state index < -0.39 is 0 Å². The number of rotatable bonds is 3. The zero-order valence-electron chi connectivity index (χ0n) is 30.9. The molecule has 0 N–H and O–H groups in total. The Kier molecular flexibility index (Phi) is 10.1. The minimum absolute atomic E-state index is 0. The van der Waals surface area contributed by atoms with Crippen molar-refractivity contribution >= 4 is 21.9 Å². The quantitative estimate of drug-likeness (QED) is 0.166. The van der Waals surface area contributed by atoms with E-state index in [1.165, 1.54) is 23.1 Å². The Balaban J connectivity index is 0.000000230. The fourth-order valence-electron chi connectivity index (χ4n) is 7.18. The molecule has 0 saturated heterocycles. The number of hydrogen-bond donors (Lipinski definition) is 0. The molecule has 7 aromatic rings. The van der Waals surface area contributed by atoms with Gasteiger partial charge in [-0.25, -0.2) is 0 Å². The van der Waals surface area contributed by atoms with Gasteiger partial charge in [0.2, 0.25) is 0 Å². The van der Waals surface area contributed by atoms with Gasteiger partial charge in [-0.15, -0.1) is 54.1 Å². The summed E-state index contributed by atoms with van der Waals surface area (Å²) in [6.45, 7) is 15.9. The molecule has 52 heavy (non-hydrogen) atoms. The summed E-state index contributed by atoms with van der Waals surface area (Å²) in [7, 11) is 0. The van der Waals surface area contributed by atoms with E-state index in [1.807, 2.05) is 72.9 Å². The standard InChI is InChI=1S/C32H27N2O.C15H16N.Ir/c1-31(2)15-16-32(3,4)26-18-20(12-14-25(26)31)28-21(19-33)11-13-23-22-8-7-9-24(29(22)35-30(23)28)27-10-5-6-17-34-27;1-15(2,3)13-9-10-14(16-11-13)12-7-5-4-6-8-12;/h5-8,10-14,17-18H,15-16H2,1-4H3;4-7,9-11H,1-3H3;/q2*-1;. The molecule has 1 aliphatic carbocycles. The maximum absolute atomic E-state index is 10.1. The van der Waals surface area contributed by atoms with Crippen LogP contribution in [0.4, 0.5) is 0 Å². The van der Waals surface area contributed by atoms with Crippen LogP contribution in [0.15, 0.2) is 114 Å². The Bertz CT molecular complexity index is 2390. The minimum Gasteiger partial charge on any atom is -0.500 e. The molecular weight excluding hydrogens is 815 g/mol. The normalized spacial score (nSPS) is 14.4. The minimum atomic E-state index is 0. The van der Waals surface area contributed by atoms with Crippen molar-refractivity contribution in [3.8, 4) is 39.7 Å². The number of benzene rings is 4. The van der Waals surface area contributed by atoms with Crippen LogP contribution in [0.5, 0.6) is 0 Å². The maximum atomic E-state index is 10.1. The van der Waals surface area contributed by atoms with Crippen molar-refractivity contribution in [3.05, 3.63) is 144 Å². The van der Waals surface area contributed by atoms with Crippen LogP contribution in [0.2, 0.25) is 0 Å². The van der Waals surface area contributed by atoms with Crippen LogP contribution in [-0.4, -0.2) is 9.97 Å². The first-order chi connectivity index (χ1) is 24.4. The first kappa shape index (κ1) is 36.9. The number of pyridine rings is 2. The van der Waals surface area contributed by atoms with Crippen molar-refractivity contribution in [3.63, 3.8) is 0 Å². The second-order valence-electron chi connectivity index (χ2n) is 15.9. The molecule has 0 spiro atoms. The Morgan fingerprint density at radius 3 is 2.13 bits per heavy atom. The molecule has 1 radical (unpaired) electrons. The third-order valence-corrected chi connectivity index (χ3v) is 10.4. The summed E-state index contributed by atoms with van der Waals surface area (Å²) in [6, 6.07) is 41.4. The van der Waals surface area contributed by atoms with Crippen LogP contribution in [0, 0.1) is 23.5 Å². The van der Waals surface area contributed by atoms with Crippen molar-refractivity contribution in [1.82, 2.24) is 9.97 Å². The number of nitrogens with zero attached hydrogens (tertiary/aromatic N) is 3. The van der Waals surface area contributed by atoms with E-state index >= 15 is 0 Å². The number of aromatic nitrogens is 2. The summed E-state index contributed by atoms with van der Waals surface area (Å²) >= 11 is 0. The van der Waals surface area contributed by atoms with Gasteiger partial charge in [-0.05, 0) is 74.9 Å². The molecule has 4 aromatic carbocycles. The summed E-state index contributed by atoms with van der Waals surface area (Å²) < 4.78 is 6.58. The largest absolute Gasteiger partial charge is 0.500 e. The number of hydrogen-bond acceptors (Lipinski definition) is 4. The van der Waals surface area contributed by atoms with Gasteiger partial charge in [0, 0.05) is 43.4 Å². The predicted octanol–water partition coefficient (Wildman–Crippen LogP) is 12.2. The van der Waals surface area contributed by atoms with E-state index in [-0.39, 0.29) is 36.4 Å². The zero-order valence-corrected chi connectivity index (χ0v) is 33.3. The molecule has 0 atom stereocenters. The second kappa shape index (κ2) is 14.3. The van der Waals surface area contributed by atoms with E-state index in [4.69, 9.17) is 4.42 Å². The van der Waals surface area contributed by atoms with Gasteiger partial charge < -0.3 is 14.4 Å². The summed E-state index contributed by atoms with van der Waals surface area (Å²) in [6.07, 6.45) is 6.04. The second-order valence-corrected chi connectivity index (χ2v) is 15.9. The molecule has 3 aromatic heterocycles. The van der Waals surface area contributed by atoms with Crippen LogP contribution in [0.25, 0.3) is 55.6 Å². The van der Waals surface area contributed by atoms with Gasteiger partial charge in [-0.2, -0.15) is 5.26 Å². The van der Waals surface area contributed by atoms with Crippen molar-refractivity contribution in [2.45, 2.75) is 77.6 Å². The van der Waals surface area contributed by atoms with Crippen LogP contribution >= 0.6 is 0 Å². The molecule has 0 fully saturated rings. The molecule has 0 bridgehead atoms. The monoisotopic (exact) mass is 858 g/mol. The average Bonchev–Trinajstić information content (AvgIpc) is 3.53. The summed E-state index contributed by atoms with van der Waals surface area (Å²) in [4.78, 5) is 9.00. The molecule has 0 saturated carbocycles. The van der Waals surface area contributed by atoms with E-state index in [9.17, 15) is 5.26 Å². The van der Waals surface area contributed by atoms with Crippen LogP contribution in [-0.2, 0) is 36.4 Å². The van der Waals surface area contributed by atoms with Gasteiger partial charge in [0.1, 0.15) is 5.58 Å². The Morgan fingerprint density at radius 1 is 0.731 bits per heavy atom. The van der Waals surface area contributed by atoms with Gasteiger partial charge in [0.25, 0.3) is 0 Å². The first-order valence-electron chi connectivity index (χ1n) is 17.7. The van der Waals surface area contributed by atoms with Gasteiger partial charge in [-0.1, -0.05) is 108 Å².